The Labute approximate surface area is 76.1 Å². The maximum atomic E-state index is 8.84. The first kappa shape index (κ1) is 11.6. The predicted octanol–water partition coefficient (Wildman–Crippen LogP) is 1.33. The van der Waals surface area contributed by atoms with Crippen molar-refractivity contribution in [2.24, 2.45) is 0 Å². The summed E-state index contributed by atoms with van der Waals surface area (Å²) < 4.78 is 0. The van der Waals surface area contributed by atoms with Crippen LogP contribution in [0.1, 0.15) is 20.3 Å². The van der Waals surface area contributed by atoms with Gasteiger partial charge in [-0.3, -0.25) is 0 Å². The van der Waals surface area contributed by atoms with Crippen molar-refractivity contribution in [3.05, 3.63) is 12.2 Å². The molecule has 1 atom stereocenters. The van der Waals surface area contributed by atoms with Gasteiger partial charge in [-0.05, 0) is 13.3 Å². The van der Waals surface area contributed by atoms with Crippen molar-refractivity contribution in [1.29, 1.82) is 0 Å². The maximum absolute atomic E-state index is 8.84. The summed E-state index contributed by atoms with van der Waals surface area (Å²) in [6.07, 6.45) is 0.481. The number of rotatable bonds is 2. The molecule has 0 saturated carbocycles. The van der Waals surface area contributed by atoms with Crippen LogP contribution < -0.4 is 0 Å². The van der Waals surface area contributed by atoms with Crippen LogP contribution >= 0.6 is 0 Å². The molecule has 0 aromatic rings. The molecule has 0 heterocycles. The Morgan fingerprint density at radius 1 is 1.75 bits per heavy atom. The third kappa shape index (κ3) is 4.95. The molecule has 0 spiro atoms. The summed E-state index contributed by atoms with van der Waals surface area (Å²) in [6, 6.07) is 0. The summed E-state index contributed by atoms with van der Waals surface area (Å²) in [5.41, 5.74) is 0.850. The standard InChI is InChI=1S/C6H12O.Y/c1-4-6(7)5(2)3;/h6-7H,2,4H2,1,3H3;. The largest absolute Gasteiger partial charge is 0.389 e. The van der Waals surface area contributed by atoms with E-state index in [0.717, 1.165) is 12.0 Å². The van der Waals surface area contributed by atoms with E-state index in [9.17, 15) is 0 Å². The predicted molar refractivity (Wildman–Crippen MR) is 31.1 cm³/mol. The molecule has 0 bridgehead atoms. The Kier molecular flexibility index (Phi) is 8.59. The van der Waals surface area contributed by atoms with Crippen molar-refractivity contribution in [3.63, 3.8) is 0 Å². The molecule has 0 aliphatic rings. The first-order valence-electron chi connectivity index (χ1n) is 2.52. The van der Waals surface area contributed by atoms with E-state index in [1.807, 2.05) is 13.8 Å². The van der Waals surface area contributed by atoms with Gasteiger partial charge in [-0.2, -0.15) is 0 Å². The van der Waals surface area contributed by atoms with Crippen molar-refractivity contribution >= 4 is 0 Å². The first-order chi connectivity index (χ1) is 3.18. The number of aliphatic hydroxyl groups is 1. The fourth-order valence-electron chi connectivity index (χ4n) is 0.348. The minimum absolute atomic E-state index is 0. The molecular weight excluding hydrogens is 177 g/mol. The molecule has 0 amide bonds. The first-order valence-corrected chi connectivity index (χ1v) is 2.52. The second kappa shape index (κ2) is 5.93. The maximum Gasteiger partial charge on any atom is 0.0742 e. The van der Waals surface area contributed by atoms with Crippen molar-refractivity contribution in [2.75, 3.05) is 0 Å². The average Bonchev–Trinajstić information content (AvgIpc) is 1.65. The van der Waals surface area contributed by atoms with Gasteiger partial charge < -0.3 is 5.11 Å². The van der Waals surface area contributed by atoms with E-state index in [2.05, 4.69) is 6.58 Å². The van der Waals surface area contributed by atoms with Gasteiger partial charge in [0, 0.05) is 32.7 Å². The van der Waals surface area contributed by atoms with Crippen LogP contribution in [0.2, 0.25) is 0 Å². The van der Waals surface area contributed by atoms with Gasteiger partial charge in [0.1, 0.15) is 0 Å². The van der Waals surface area contributed by atoms with Gasteiger partial charge in [-0.1, -0.05) is 19.1 Å². The number of aliphatic hydroxyl groups excluding tert-OH is 1. The molecule has 45 valence electrons. The Morgan fingerprint density at radius 3 is 2.12 bits per heavy atom. The van der Waals surface area contributed by atoms with E-state index < -0.39 is 0 Å². The monoisotopic (exact) mass is 189 g/mol. The summed E-state index contributed by atoms with van der Waals surface area (Å²) >= 11 is 0. The molecule has 1 radical (unpaired) electrons. The van der Waals surface area contributed by atoms with Crippen LogP contribution in [-0.2, 0) is 32.7 Å². The summed E-state index contributed by atoms with van der Waals surface area (Å²) in [4.78, 5) is 0. The second-order valence-corrected chi connectivity index (χ2v) is 1.77. The molecule has 0 aromatic heterocycles. The Balaban J connectivity index is 0. The molecule has 0 rings (SSSR count). The van der Waals surface area contributed by atoms with Crippen LogP contribution in [0.5, 0.6) is 0 Å². The van der Waals surface area contributed by atoms with Crippen LogP contribution in [0.15, 0.2) is 12.2 Å². The SMILES string of the molecule is C=C(C)C(O)CC.[Y]. The Hall–Kier alpha value is 0.804. The average molecular weight is 189 g/mol. The van der Waals surface area contributed by atoms with Crippen molar-refractivity contribution < 1.29 is 37.8 Å². The molecule has 1 unspecified atom stereocenters. The molecule has 0 aliphatic carbocycles. The normalized spacial score (nSPS) is 11.9. The van der Waals surface area contributed by atoms with Crippen molar-refractivity contribution in [3.8, 4) is 0 Å². The Morgan fingerprint density at radius 2 is 2.12 bits per heavy atom. The number of hydrogen-bond donors (Lipinski definition) is 1. The van der Waals surface area contributed by atoms with Crippen LogP contribution in [0, 0.1) is 0 Å². The Bertz CT molecular complexity index is 70.9. The van der Waals surface area contributed by atoms with Gasteiger partial charge in [0.15, 0.2) is 0 Å². The van der Waals surface area contributed by atoms with Gasteiger partial charge in [0.05, 0.1) is 6.10 Å². The minimum atomic E-state index is -0.292. The van der Waals surface area contributed by atoms with E-state index >= 15 is 0 Å². The van der Waals surface area contributed by atoms with Gasteiger partial charge in [0.2, 0.25) is 0 Å². The number of hydrogen-bond acceptors (Lipinski definition) is 1. The minimum Gasteiger partial charge on any atom is -0.389 e. The zero-order valence-electron chi connectivity index (χ0n) is 5.52. The quantitative estimate of drug-likeness (QED) is 0.649. The molecule has 1 nitrogen and oxygen atoms in total. The third-order valence-electron chi connectivity index (χ3n) is 0.956. The summed E-state index contributed by atoms with van der Waals surface area (Å²) in [7, 11) is 0. The van der Waals surface area contributed by atoms with Crippen molar-refractivity contribution in [1.82, 2.24) is 0 Å². The molecule has 0 aromatic carbocycles. The van der Waals surface area contributed by atoms with Gasteiger partial charge in [-0.15, -0.1) is 0 Å². The van der Waals surface area contributed by atoms with Crippen LogP contribution in [0.4, 0.5) is 0 Å². The molecular formula is C6H12OY. The van der Waals surface area contributed by atoms with E-state index in [4.69, 9.17) is 5.11 Å². The van der Waals surface area contributed by atoms with E-state index in [1.165, 1.54) is 0 Å². The molecule has 0 saturated heterocycles. The smallest absolute Gasteiger partial charge is 0.0742 e. The fourth-order valence-corrected chi connectivity index (χ4v) is 0.348. The molecule has 2 heteroatoms. The third-order valence-corrected chi connectivity index (χ3v) is 0.956. The molecule has 0 aliphatic heterocycles. The van der Waals surface area contributed by atoms with E-state index in [1.54, 1.807) is 0 Å². The topological polar surface area (TPSA) is 20.2 Å². The van der Waals surface area contributed by atoms with Gasteiger partial charge in [-0.25, -0.2) is 0 Å². The zero-order chi connectivity index (χ0) is 5.86. The summed E-state index contributed by atoms with van der Waals surface area (Å²) in [6.45, 7) is 7.33. The zero-order valence-corrected chi connectivity index (χ0v) is 8.35. The van der Waals surface area contributed by atoms with Gasteiger partial charge >= 0.3 is 0 Å². The van der Waals surface area contributed by atoms with Crippen LogP contribution in [0.3, 0.4) is 0 Å². The molecule has 1 N–H and O–H groups in total. The molecule has 8 heavy (non-hydrogen) atoms. The fraction of sp³-hybridized carbons (Fsp3) is 0.667. The second-order valence-electron chi connectivity index (χ2n) is 1.77. The van der Waals surface area contributed by atoms with Gasteiger partial charge in [0.25, 0.3) is 0 Å². The van der Waals surface area contributed by atoms with E-state index in [0.29, 0.717) is 0 Å². The summed E-state index contributed by atoms with van der Waals surface area (Å²) in [5, 5.41) is 8.84. The van der Waals surface area contributed by atoms with Crippen LogP contribution in [0.25, 0.3) is 0 Å². The summed E-state index contributed by atoms with van der Waals surface area (Å²) in [5.74, 6) is 0. The van der Waals surface area contributed by atoms with Crippen molar-refractivity contribution in [2.45, 2.75) is 26.4 Å². The molecule has 0 fully saturated rings. The van der Waals surface area contributed by atoms with E-state index in [-0.39, 0.29) is 38.8 Å². The van der Waals surface area contributed by atoms with Crippen LogP contribution in [-0.4, -0.2) is 11.2 Å².